The van der Waals surface area contributed by atoms with E-state index in [0.717, 1.165) is 0 Å². The van der Waals surface area contributed by atoms with Crippen molar-refractivity contribution in [2.45, 2.75) is 64.2 Å². The van der Waals surface area contributed by atoms with Crippen LogP contribution in [0.25, 0.3) is 0 Å². The average molecular weight is 266 g/mol. The topological polar surface area (TPSA) is 0 Å². The molecule has 4 bridgehead atoms. The lowest BCUT2D eigenvalue weighted by Gasteiger charge is -2.17. The summed E-state index contributed by atoms with van der Waals surface area (Å²) in [5.74, 6) is 0. The van der Waals surface area contributed by atoms with Crippen LogP contribution in [0.1, 0.15) is 64.2 Å². The SMILES string of the molecule is C1=C\C=C2\CCC/C3=C/C=C(/CCC/C(=C/1)CC3)CC2. The molecule has 20 heavy (non-hydrogen) atoms. The lowest BCUT2D eigenvalue weighted by molar-refractivity contribution is 0.681. The molecular weight excluding hydrogens is 240 g/mol. The molecule has 4 aliphatic rings. The first-order valence-electron chi connectivity index (χ1n) is 8.32. The molecule has 0 radical (unpaired) electrons. The van der Waals surface area contributed by atoms with Gasteiger partial charge in [-0.15, -0.1) is 0 Å². The van der Waals surface area contributed by atoms with Crippen molar-refractivity contribution in [1.82, 2.24) is 0 Å². The summed E-state index contributed by atoms with van der Waals surface area (Å²) in [5.41, 5.74) is 6.62. The first kappa shape index (κ1) is 13.7. The van der Waals surface area contributed by atoms with E-state index in [0.29, 0.717) is 0 Å². The Labute approximate surface area is 123 Å². The van der Waals surface area contributed by atoms with E-state index in [1.165, 1.54) is 64.2 Å². The highest BCUT2D eigenvalue weighted by molar-refractivity contribution is 5.26. The quantitative estimate of drug-likeness (QED) is 0.490. The van der Waals surface area contributed by atoms with Crippen LogP contribution in [0, 0.1) is 0 Å². The van der Waals surface area contributed by atoms with Crippen LogP contribution >= 0.6 is 0 Å². The minimum absolute atomic E-state index is 1.26. The molecule has 0 saturated heterocycles. The number of allylic oxidation sites excluding steroid dienone is 10. The minimum Gasteiger partial charge on any atom is -0.0699 e. The minimum atomic E-state index is 1.26. The van der Waals surface area contributed by atoms with Crippen molar-refractivity contribution >= 4 is 0 Å². The van der Waals surface area contributed by atoms with E-state index in [1.807, 2.05) is 0 Å². The standard InChI is InChI=1S/C20H26/c1-2-6-18-8-4-10-19-13-11-17(5-1)7-3-9-20(14-12-18)16-15-19/h1-2,5-6,15-16H,3-4,7-14H2/b2-1-,17-5-,18-6-,19-15-,20-16-. The normalized spacial score (nSPS) is 36.0. The zero-order chi connectivity index (χ0) is 13.6. The molecule has 106 valence electrons. The molecule has 0 heterocycles. The molecule has 0 amide bonds. The summed E-state index contributed by atoms with van der Waals surface area (Å²) in [6.07, 6.45) is 27.0. The highest BCUT2D eigenvalue weighted by atomic mass is 14.2. The molecule has 0 fully saturated rings. The van der Waals surface area contributed by atoms with Gasteiger partial charge in [0.25, 0.3) is 0 Å². The first-order chi connectivity index (χ1) is 9.90. The van der Waals surface area contributed by atoms with Gasteiger partial charge in [0.2, 0.25) is 0 Å². The Morgan fingerprint density at radius 3 is 1.15 bits per heavy atom. The van der Waals surface area contributed by atoms with Gasteiger partial charge in [-0.25, -0.2) is 0 Å². The molecule has 0 N–H and O–H groups in total. The maximum absolute atomic E-state index is 2.45. The second-order valence-corrected chi connectivity index (χ2v) is 6.39. The van der Waals surface area contributed by atoms with Crippen molar-refractivity contribution in [1.29, 1.82) is 0 Å². The van der Waals surface area contributed by atoms with Crippen molar-refractivity contribution in [3.8, 4) is 0 Å². The Bertz CT molecular complexity index is 448. The maximum Gasteiger partial charge on any atom is -0.0280 e. The summed E-state index contributed by atoms with van der Waals surface area (Å²) in [6.45, 7) is 0. The van der Waals surface area contributed by atoms with Crippen LogP contribution in [-0.2, 0) is 0 Å². The van der Waals surface area contributed by atoms with Crippen LogP contribution in [-0.4, -0.2) is 0 Å². The van der Waals surface area contributed by atoms with Gasteiger partial charge in [0.15, 0.2) is 0 Å². The lowest BCUT2D eigenvalue weighted by atomic mass is 9.88. The molecule has 0 aromatic carbocycles. The van der Waals surface area contributed by atoms with E-state index in [-0.39, 0.29) is 0 Å². The molecule has 0 unspecified atom stereocenters. The van der Waals surface area contributed by atoms with Gasteiger partial charge < -0.3 is 0 Å². The predicted octanol–water partition coefficient (Wildman–Crippen LogP) is 6.19. The van der Waals surface area contributed by atoms with Gasteiger partial charge >= 0.3 is 0 Å². The zero-order valence-corrected chi connectivity index (χ0v) is 12.5. The number of fused-ring (bicyclic) bond motifs is 9. The largest absolute Gasteiger partial charge is 0.0699 e. The van der Waals surface area contributed by atoms with Crippen LogP contribution in [0.3, 0.4) is 0 Å². The maximum atomic E-state index is 2.45. The van der Waals surface area contributed by atoms with Crippen LogP contribution in [0.2, 0.25) is 0 Å². The van der Waals surface area contributed by atoms with Crippen molar-refractivity contribution in [3.63, 3.8) is 0 Å². The summed E-state index contributed by atoms with van der Waals surface area (Å²) in [5, 5.41) is 0. The third-order valence-corrected chi connectivity index (χ3v) is 4.86. The number of hydrogen-bond acceptors (Lipinski definition) is 0. The summed E-state index contributed by atoms with van der Waals surface area (Å²) in [4.78, 5) is 0. The van der Waals surface area contributed by atoms with E-state index >= 15 is 0 Å². The van der Waals surface area contributed by atoms with Gasteiger partial charge in [-0.3, -0.25) is 0 Å². The van der Waals surface area contributed by atoms with Crippen LogP contribution < -0.4 is 0 Å². The van der Waals surface area contributed by atoms with Crippen LogP contribution in [0.4, 0.5) is 0 Å². The molecule has 0 heteroatoms. The summed E-state index contributed by atoms with van der Waals surface area (Å²) >= 11 is 0. The van der Waals surface area contributed by atoms with Crippen molar-refractivity contribution < 1.29 is 0 Å². The molecule has 0 nitrogen and oxygen atoms in total. The molecule has 4 rings (SSSR count). The smallest absolute Gasteiger partial charge is 0.0280 e. The Kier molecular flexibility index (Phi) is 4.73. The molecule has 0 aliphatic heterocycles. The second-order valence-electron chi connectivity index (χ2n) is 6.39. The Balaban J connectivity index is 2.01. The van der Waals surface area contributed by atoms with Crippen molar-refractivity contribution in [2.24, 2.45) is 0 Å². The van der Waals surface area contributed by atoms with E-state index in [4.69, 9.17) is 0 Å². The van der Waals surface area contributed by atoms with E-state index in [9.17, 15) is 0 Å². The Hall–Kier alpha value is -1.30. The molecule has 0 spiro atoms. The lowest BCUT2D eigenvalue weighted by Crippen LogP contribution is -1.98. The Morgan fingerprint density at radius 1 is 0.400 bits per heavy atom. The summed E-state index contributed by atoms with van der Waals surface area (Å²) in [7, 11) is 0. The van der Waals surface area contributed by atoms with Crippen LogP contribution in [0.5, 0.6) is 0 Å². The Morgan fingerprint density at radius 2 is 0.750 bits per heavy atom. The van der Waals surface area contributed by atoms with Gasteiger partial charge in [-0.05, 0) is 64.2 Å². The molecule has 0 aromatic heterocycles. The fourth-order valence-electron chi connectivity index (χ4n) is 3.51. The summed E-state index contributed by atoms with van der Waals surface area (Å²) < 4.78 is 0. The molecular formula is C20H26. The third-order valence-electron chi connectivity index (χ3n) is 4.86. The van der Waals surface area contributed by atoms with E-state index in [2.05, 4.69) is 36.5 Å². The fraction of sp³-hybridized carbons (Fsp3) is 0.500. The predicted molar refractivity (Wildman–Crippen MR) is 87.6 cm³/mol. The molecule has 0 aromatic rings. The van der Waals surface area contributed by atoms with Gasteiger partial charge in [0.1, 0.15) is 0 Å². The van der Waals surface area contributed by atoms with E-state index in [1.54, 1.807) is 22.3 Å². The van der Waals surface area contributed by atoms with Crippen molar-refractivity contribution in [2.75, 3.05) is 0 Å². The first-order valence-corrected chi connectivity index (χ1v) is 8.32. The molecule has 0 saturated carbocycles. The number of rotatable bonds is 0. The van der Waals surface area contributed by atoms with Crippen molar-refractivity contribution in [3.05, 3.63) is 58.7 Å². The fourth-order valence-corrected chi connectivity index (χ4v) is 3.51. The van der Waals surface area contributed by atoms with Gasteiger partial charge in [0.05, 0.1) is 0 Å². The highest BCUT2D eigenvalue weighted by Gasteiger charge is 2.10. The molecule has 4 aliphatic carbocycles. The average Bonchev–Trinajstić information content (AvgIpc) is 2.46. The van der Waals surface area contributed by atoms with Gasteiger partial charge in [0, 0.05) is 0 Å². The third kappa shape index (κ3) is 3.85. The van der Waals surface area contributed by atoms with Gasteiger partial charge in [-0.2, -0.15) is 0 Å². The summed E-state index contributed by atoms with van der Waals surface area (Å²) in [6, 6.07) is 0. The molecule has 0 atom stereocenters. The zero-order valence-electron chi connectivity index (χ0n) is 12.5. The van der Waals surface area contributed by atoms with Gasteiger partial charge in [-0.1, -0.05) is 58.7 Å². The second kappa shape index (κ2) is 6.92. The number of hydrogen-bond donors (Lipinski definition) is 0. The highest BCUT2D eigenvalue weighted by Crippen LogP contribution is 2.29. The van der Waals surface area contributed by atoms with E-state index < -0.39 is 0 Å². The van der Waals surface area contributed by atoms with Crippen LogP contribution in [0.15, 0.2) is 58.7 Å². The monoisotopic (exact) mass is 266 g/mol.